The molecule has 1 aromatic carbocycles. The minimum atomic E-state index is -1.32. The lowest BCUT2D eigenvalue weighted by molar-refractivity contribution is -0.355. The van der Waals surface area contributed by atoms with Crippen molar-refractivity contribution in [3.05, 3.63) is 34.9 Å². The summed E-state index contributed by atoms with van der Waals surface area (Å²) in [5.41, 5.74) is 3.01. The number of aryl methyl sites for hydroxylation is 1. The average molecular weight is 294 g/mol. The third-order valence-corrected chi connectivity index (χ3v) is 4.38. The van der Waals surface area contributed by atoms with Gasteiger partial charge in [0.25, 0.3) is 0 Å². The van der Waals surface area contributed by atoms with Gasteiger partial charge >= 0.3 is 0 Å². The van der Waals surface area contributed by atoms with Gasteiger partial charge in [-0.2, -0.15) is 0 Å². The summed E-state index contributed by atoms with van der Waals surface area (Å²) in [5, 5.41) is 29.8. The molecular weight excluding hydrogens is 272 g/mol. The zero-order chi connectivity index (χ0) is 15.0. The maximum absolute atomic E-state index is 10.5. The number of benzene rings is 1. The lowest BCUT2D eigenvalue weighted by Crippen LogP contribution is -2.59. The van der Waals surface area contributed by atoms with Crippen LogP contribution >= 0.6 is 0 Å². The van der Waals surface area contributed by atoms with E-state index in [1.807, 2.05) is 19.1 Å². The van der Waals surface area contributed by atoms with Crippen molar-refractivity contribution < 1.29 is 24.8 Å². The fraction of sp³-hybridized carbons (Fsp3) is 0.625. The SMILES string of the molecule is Cc1ccc2c(c1)CCO[C@@]21O[C@H](CCO)C[C@H](O)[C@H]1O. The summed E-state index contributed by atoms with van der Waals surface area (Å²) in [7, 11) is 0. The van der Waals surface area contributed by atoms with Gasteiger partial charge in [0.2, 0.25) is 5.79 Å². The van der Waals surface area contributed by atoms with Crippen molar-refractivity contribution in [2.75, 3.05) is 13.2 Å². The quantitative estimate of drug-likeness (QED) is 0.745. The highest BCUT2D eigenvalue weighted by Crippen LogP contribution is 2.43. The first-order valence-electron chi connectivity index (χ1n) is 7.45. The van der Waals surface area contributed by atoms with Crippen molar-refractivity contribution in [3.63, 3.8) is 0 Å². The smallest absolute Gasteiger partial charge is 0.225 e. The van der Waals surface area contributed by atoms with Crippen LogP contribution in [0.15, 0.2) is 18.2 Å². The predicted octanol–water partition coefficient (Wildman–Crippen LogP) is 0.614. The average Bonchev–Trinajstić information content (AvgIpc) is 2.45. The number of rotatable bonds is 2. The standard InChI is InChI=1S/C16H22O5/c1-10-2-3-13-11(8-10)5-7-20-16(13)15(19)14(18)9-12(21-16)4-6-17/h2-3,8,12,14-15,17-19H,4-7,9H2,1H3/t12-,14+,15-,16-/m1/s1. The third kappa shape index (κ3) is 2.49. The Bertz CT molecular complexity index is 517. The van der Waals surface area contributed by atoms with Crippen LogP contribution in [-0.4, -0.2) is 46.8 Å². The van der Waals surface area contributed by atoms with E-state index in [0.717, 1.165) is 23.1 Å². The topological polar surface area (TPSA) is 79.2 Å². The van der Waals surface area contributed by atoms with Gasteiger partial charge < -0.3 is 24.8 Å². The van der Waals surface area contributed by atoms with Crippen LogP contribution in [0.1, 0.15) is 29.5 Å². The van der Waals surface area contributed by atoms with Crippen LogP contribution in [0.5, 0.6) is 0 Å². The normalized spacial score (nSPS) is 35.7. The molecule has 5 heteroatoms. The van der Waals surface area contributed by atoms with E-state index in [4.69, 9.17) is 14.6 Å². The number of aliphatic hydroxyl groups excluding tert-OH is 3. The van der Waals surface area contributed by atoms with E-state index in [-0.39, 0.29) is 12.7 Å². The fourth-order valence-corrected chi connectivity index (χ4v) is 3.34. The van der Waals surface area contributed by atoms with Crippen LogP contribution in [-0.2, 0) is 21.7 Å². The molecule has 0 bridgehead atoms. The molecule has 0 unspecified atom stereocenters. The lowest BCUT2D eigenvalue weighted by atomic mass is 9.84. The third-order valence-electron chi connectivity index (χ3n) is 4.38. The Kier molecular flexibility index (Phi) is 4.03. The van der Waals surface area contributed by atoms with Gasteiger partial charge in [-0.1, -0.05) is 23.8 Å². The minimum Gasteiger partial charge on any atom is -0.396 e. The molecule has 2 aliphatic heterocycles. The monoisotopic (exact) mass is 294 g/mol. The maximum atomic E-state index is 10.5. The first-order valence-corrected chi connectivity index (χ1v) is 7.45. The second-order valence-corrected chi connectivity index (χ2v) is 5.93. The van der Waals surface area contributed by atoms with Crippen LogP contribution in [0.4, 0.5) is 0 Å². The first kappa shape index (κ1) is 14.9. The Morgan fingerprint density at radius 3 is 2.90 bits per heavy atom. The molecule has 3 N–H and O–H groups in total. The van der Waals surface area contributed by atoms with Gasteiger partial charge in [-0.05, 0) is 25.3 Å². The number of ether oxygens (including phenoxy) is 2. The van der Waals surface area contributed by atoms with Crippen molar-refractivity contribution >= 4 is 0 Å². The second kappa shape index (κ2) is 5.66. The van der Waals surface area contributed by atoms with Crippen molar-refractivity contribution in [2.24, 2.45) is 0 Å². The highest BCUT2D eigenvalue weighted by molar-refractivity contribution is 5.37. The summed E-state index contributed by atoms with van der Waals surface area (Å²) in [6, 6.07) is 5.92. The van der Waals surface area contributed by atoms with E-state index < -0.39 is 18.0 Å². The highest BCUT2D eigenvalue weighted by Gasteiger charge is 2.53. The van der Waals surface area contributed by atoms with E-state index in [1.54, 1.807) is 0 Å². The Hall–Kier alpha value is -0.980. The molecule has 2 aliphatic rings. The summed E-state index contributed by atoms with van der Waals surface area (Å²) >= 11 is 0. The van der Waals surface area contributed by atoms with Gasteiger partial charge in [0.15, 0.2) is 0 Å². The van der Waals surface area contributed by atoms with E-state index in [1.165, 1.54) is 0 Å². The molecule has 21 heavy (non-hydrogen) atoms. The Labute approximate surface area is 124 Å². The van der Waals surface area contributed by atoms with Crippen LogP contribution in [0.2, 0.25) is 0 Å². The summed E-state index contributed by atoms with van der Waals surface area (Å²) in [6.07, 6.45) is -0.919. The summed E-state index contributed by atoms with van der Waals surface area (Å²) in [4.78, 5) is 0. The molecular formula is C16H22O5. The van der Waals surface area contributed by atoms with E-state index in [2.05, 4.69) is 6.07 Å². The molecule has 1 spiro atoms. The highest BCUT2D eigenvalue weighted by atomic mass is 16.7. The van der Waals surface area contributed by atoms with Gasteiger partial charge in [0.05, 0.1) is 18.8 Å². The number of hydrogen-bond acceptors (Lipinski definition) is 5. The van der Waals surface area contributed by atoms with Crippen LogP contribution in [0, 0.1) is 6.92 Å². The number of aliphatic hydroxyl groups is 3. The minimum absolute atomic E-state index is 0.0235. The lowest BCUT2D eigenvalue weighted by Gasteiger charge is -2.48. The molecule has 2 heterocycles. The molecule has 0 aliphatic carbocycles. The molecule has 3 rings (SSSR count). The van der Waals surface area contributed by atoms with Crippen LogP contribution in [0.25, 0.3) is 0 Å². The van der Waals surface area contributed by atoms with E-state index >= 15 is 0 Å². The van der Waals surface area contributed by atoms with E-state index in [9.17, 15) is 10.2 Å². The Morgan fingerprint density at radius 2 is 2.14 bits per heavy atom. The molecule has 0 radical (unpaired) electrons. The molecule has 4 atom stereocenters. The van der Waals surface area contributed by atoms with Crippen LogP contribution in [0.3, 0.4) is 0 Å². The summed E-state index contributed by atoms with van der Waals surface area (Å²) in [6.45, 7) is 2.43. The zero-order valence-corrected chi connectivity index (χ0v) is 12.2. The van der Waals surface area contributed by atoms with Crippen molar-refractivity contribution in [1.29, 1.82) is 0 Å². The van der Waals surface area contributed by atoms with E-state index in [0.29, 0.717) is 19.4 Å². The second-order valence-electron chi connectivity index (χ2n) is 5.93. The Balaban J connectivity index is 2.02. The molecule has 0 amide bonds. The Morgan fingerprint density at radius 1 is 1.33 bits per heavy atom. The zero-order valence-electron chi connectivity index (χ0n) is 12.2. The molecule has 0 aromatic heterocycles. The van der Waals surface area contributed by atoms with Gasteiger partial charge in [0, 0.05) is 18.6 Å². The van der Waals surface area contributed by atoms with Gasteiger partial charge in [0.1, 0.15) is 6.10 Å². The molecule has 5 nitrogen and oxygen atoms in total. The van der Waals surface area contributed by atoms with Gasteiger partial charge in [-0.25, -0.2) is 0 Å². The van der Waals surface area contributed by atoms with Gasteiger partial charge in [-0.3, -0.25) is 0 Å². The molecule has 1 saturated heterocycles. The van der Waals surface area contributed by atoms with Crippen molar-refractivity contribution in [1.82, 2.24) is 0 Å². The molecule has 1 aromatic rings. The first-order chi connectivity index (χ1) is 10.1. The number of hydrogen-bond donors (Lipinski definition) is 3. The molecule has 1 fully saturated rings. The van der Waals surface area contributed by atoms with Crippen molar-refractivity contribution in [2.45, 2.75) is 50.3 Å². The fourth-order valence-electron chi connectivity index (χ4n) is 3.34. The largest absolute Gasteiger partial charge is 0.396 e. The van der Waals surface area contributed by atoms with Crippen molar-refractivity contribution in [3.8, 4) is 0 Å². The molecule has 116 valence electrons. The maximum Gasteiger partial charge on any atom is 0.225 e. The predicted molar refractivity (Wildman–Crippen MR) is 75.7 cm³/mol. The summed E-state index contributed by atoms with van der Waals surface area (Å²) < 4.78 is 11.8. The number of fused-ring (bicyclic) bond motifs is 2. The van der Waals surface area contributed by atoms with Gasteiger partial charge in [-0.15, -0.1) is 0 Å². The summed E-state index contributed by atoms with van der Waals surface area (Å²) in [5.74, 6) is -1.32. The van der Waals surface area contributed by atoms with Crippen LogP contribution < -0.4 is 0 Å². The molecule has 0 saturated carbocycles.